The van der Waals surface area contributed by atoms with E-state index in [2.05, 4.69) is 58.7 Å². The number of carbonyl (C=O) groups is 1. The van der Waals surface area contributed by atoms with Crippen LogP contribution in [0.1, 0.15) is 71.6 Å². The van der Waals surface area contributed by atoms with Crippen molar-refractivity contribution in [1.29, 1.82) is 0 Å². The number of ketones is 1. The summed E-state index contributed by atoms with van der Waals surface area (Å²) in [6.07, 6.45) is 5.64. The fraction of sp³-hybridized carbons (Fsp3) is 0.308. The Morgan fingerprint density at radius 2 is 1.28 bits per heavy atom. The van der Waals surface area contributed by atoms with E-state index in [0.717, 1.165) is 84.7 Å². The molecule has 8 heteroatoms. The normalized spacial score (nSPS) is 11.4. The van der Waals surface area contributed by atoms with Gasteiger partial charge in [0.2, 0.25) is 0 Å². The number of rotatable bonds is 18. The number of carbonyl (C=O) groups excluding carboxylic acids is 1. The van der Waals surface area contributed by atoms with E-state index in [4.69, 9.17) is 5.73 Å². The molecule has 5 aromatic rings. The lowest BCUT2D eigenvalue weighted by Gasteiger charge is -2.26. The van der Waals surface area contributed by atoms with Crippen molar-refractivity contribution in [1.82, 2.24) is 10.2 Å². The van der Waals surface area contributed by atoms with Crippen LogP contribution in [0, 0.1) is 0 Å². The topological polar surface area (TPSA) is 98.8 Å². The van der Waals surface area contributed by atoms with Gasteiger partial charge in [0, 0.05) is 31.7 Å². The van der Waals surface area contributed by atoms with Crippen LogP contribution in [-0.2, 0) is 26.2 Å². The number of Topliss-reactive ketones (excluding diaryl/α,β-unsaturated/α-hetero) is 1. The molecule has 0 unspecified atom stereocenters. The van der Waals surface area contributed by atoms with Crippen LogP contribution < -0.4 is 22.0 Å². The third-order valence-electron chi connectivity index (χ3n) is 9.30. The molecule has 0 aromatic heterocycles. The van der Waals surface area contributed by atoms with Crippen molar-refractivity contribution >= 4 is 53.2 Å². The molecule has 6 nitrogen and oxygen atoms in total. The summed E-state index contributed by atoms with van der Waals surface area (Å²) in [5.74, 6) is 0.0532. The van der Waals surface area contributed by atoms with Gasteiger partial charge in [0.1, 0.15) is 0 Å². The molecule has 0 fully saturated rings. The van der Waals surface area contributed by atoms with Crippen LogP contribution in [-0.4, -0.2) is 48.8 Å². The van der Waals surface area contributed by atoms with Gasteiger partial charge >= 0.3 is 15.0 Å². The zero-order valence-electron chi connectivity index (χ0n) is 27.7. The van der Waals surface area contributed by atoms with Crippen molar-refractivity contribution in [3.63, 3.8) is 0 Å². The molecule has 5 aromatic carbocycles. The molecule has 0 bridgehead atoms. The van der Waals surface area contributed by atoms with Crippen molar-refractivity contribution < 1.29 is 14.8 Å². The Morgan fingerprint density at radius 1 is 0.681 bits per heavy atom. The first-order chi connectivity index (χ1) is 23.0. The van der Waals surface area contributed by atoms with Crippen LogP contribution in [0.4, 0.5) is 0 Å². The zero-order valence-corrected chi connectivity index (χ0v) is 27.7. The maximum atomic E-state index is 12.6. The number of unbranched alkanes of at least 4 members (excludes halogenated alkanes) is 4. The van der Waals surface area contributed by atoms with Crippen LogP contribution in [0.15, 0.2) is 91.0 Å². The standard InChI is InChI=1S/C39H47B2N3O3/c1-28(45)29-19-20-34-35(23-29)37(27-44(22-12-4-2-3-11-21-42)26-31-14-6-10-18-39(31)41-47)33-16-8-7-15-32(33)36(34)25-43-24-30-13-5-9-17-38(30)40-46/h5-10,13-20,23,40-41,43,46-47H,2-4,11-12,21-22,24-27,42H2,1H3. The van der Waals surface area contributed by atoms with Gasteiger partial charge in [0.25, 0.3) is 0 Å². The molecule has 5 rings (SSSR count). The van der Waals surface area contributed by atoms with Gasteiger partial charge < -0.3 is 21.1 Å². The van der Waals surface area contributed by atoms with Gasteiger partial charge in [0.15, 0.2) is 5.78 Å². The van der Waals surface area contributed by atoms with Crippen LogP contribution in [0.5, 0.6) is 0 Å². The average Bonchev–Trinajstić information content (AvgIpc) is 3.10. The Hall–Kier alpha value is -3.78. The number of hydrogen-bond acceptors (Lipinski definition) is 6. The summed E-state index contributed by atoms with van der Waals surface area (Å²) in [6, 6.07) is 30.9. The largest absolute Gasteiger partial charge is 0.449 e. The summed E-state index contributed by atoms with van der Waals surface area (Å²) >= 11 is 0. The second kappa shape index (κ2) is 17.4. The number of nitrogens with two attached hydrogens (primary N) is 1. The zero-order chi connectivity index (χ0) is 33.0. The Balaban J connectivity index is 1.54. The maximum absolute atomic E-state index is 12.6. The van der Waals surface area contributed by atoms with Crippen LogP contribution in [0.2, 0.25) is 0 Å². The summed E-state index contributed by atoms with van der Waals surface area (Å²) in [4.78, 5) is 15.1. The van der Waals surface area contributed by atoms with Crippen LogP contribution in [0.25, 0.3) is 21.5 Å². The van der Waals surface area contributed by atoms with E-state index >= 15 is 0 Å². The minimum atomic E-state index is 0.0131. The van der Waals surface area contributed by atoms with Gasteiger partial charge in [0.05, 0.1) is 0 Å². The Kier molecular flexibility index (Phi) is 12.8. The smallest absolute Gasteiger partial charge is 0.305 e. The molecule has 0 amide bonds. The first-order valence-corrected chi connectivity index (χ1v) is 17.0. The van der Waals surface area contributed by atoms with E-state index in [9.17, 15) is 14.8 Å². The number of nitrogens with zero attached hydrogens (tertiary/aromatic N) is 1. The van der Waals surface area contributed by atoms with Gasteiger partial charge in [-0.1, -0.05) is 104 Å². The Morgan fingerprint density at radius 3 is 1.98 bits per heavy atom. The number of benzene rings is 5. The lowest BCUT2D eigenvalue weighted by molar-refractivity contribution is 0.101. The predicted octanol–water partition coefficient (Wildman–Crippen LogP) is 4.34. The first kappa shape index (κ1) is 34.6. The minimum Gasteiger partial charge on any atom is -0.449 e. The molecular formula is C39H47B2N3O3. The minimum absolute atomic E-state index is 0.0131. The van der Waals surface area contributed by atoms with Crippen molar-refractivity contribution in [2.45, 2.75) is 65.2 Å². The Labute approximate surface area is 280 Å². The van der Waals surface area contributed by atoms with Crippen molar-refractivity contribution in [3.8, 4) is 0 Å². The molecule has 0 heterocycles. The summed E-state index contributed by atoms with van der Waals surface area (Å²) in [7, 11) is 0.0284. The van der Waals surface area contributed by atoms with E-state index < -0.39 is 0 Å². The Bertz CT molecular complexity index is 1800. The molecule has 0 saturated heterocycles. The number of fused-ring (bicyclic) bond motifs is 2. The molecule has 0 radical (unpaired) electrons. The second-order valence-corrected chi connectivity index (χ2v) is 12.5. The van der Waals surface area contributed by atoms with Gasteiger partial charge in [-0.25, -0.2) is 0 Å². The monoisotopic (exact) mass is 627 g/mol. The molecule has 5 N–H and O–H groups in total. The number of nitrogens with one attached hydrogen (secondary N) is 1. The molecule has 0 aliphatic carbocycles. The van der Waals surface area contributed by atoms with E-state index in [0.29, 0.717) is 18.7 Å². The van der Waals surface area contributed by atoms with Crippen molar-refractivity contribution in [3.05, 3.63) is 119 Å². The van der Waals surface area contributed by atoms with E-state index in [1.165, 1.54) is 28.3 Å². The molecule has 0 spiro atoms. The maximum Gasteiger partial charge on any atom is 0.305 e. The van der Waals surface area contributed by atoms with E-state index in [1.807, 2.05) is 42.5 Å². The lowest BCUT2D eigenvalue weighted by atomic mass is 9.84. The van der Waals surface area contributed by atoms with Gasteiger partial charge in [-0.15, -0.1) is 0 Å². The highest BCUT2D eigenvalue weighted by molar-refractivity contribution is 6.46. The number of hydrogen-bond donors (Lipinski definition) is 4. The van der Waals surface area contributed by atoms with Crippen molar-refractivity contribution in [2.75, 3.05) is 13.1 Å². The highest BCUT2D eigenvalue weighted by Gasteiger charge is 2.19. The molecular weight excluding hydrogens is 580 g/mol. The van der Waals surface area contributed by atoms with Crippen LogP contribution in [0.3, 0.4) is 0 Å². The molecule has 0 aliphatic rings. The summed E-state index contributed by atoms with van der Waals surface area (Å²) in [5.41, 5.74) is 13.0. The summed E-state index contributed by atoms with van der Waals surface area (Å²) in [6.45, 7) is 6.04. The summed E-state index contributed by atoms with van der Waals surface area (Å²) < 4.78 is 0. The SMILES string of the molecule is CC(=O)c1ccc2c(CNCc3ccccc3BO)c3ccccc3c(CN(CCCCCCCN)Cc3ccccc3BO)c2c1. The first-order valence-electron chi connectivity index (χ1n) is 17.0. The average molecular weight is 627 g/mol. The molecule has 47 heavy (non-hydrogen) atoms. The lowest BCUT2D eigenvalue weighted by Crippen LogP contribution is -2.29. The highest BCUT2D eigenvalue weighted by Crippen LogP contribution is 2.35. The third-order valence-corrected chi connectivity index (χ3v) is 9.30. The van der Waals surface area contributed by atoms with Crippen molar-refractivity contribution in [2.24, 2.45) is 5.73 Å². The van der Waals surface area contributed by atoms with E-state index in [-0.39, 0.29) is 20.7 Å². The predicted molar refractivity (Wildman–Crippen MR) is 199 cm³/mol. The van der Waals surface area contributed by atoms with Gasteiger partial charge in [-0.2, -0.15) is 0 Å². The fourth-order valence-corrected chi connectivity index (χ4v) is 6.70. The van der Waals surface area contributed by atoms with Gasteiger partial charge in [-0.05, 0) is 93.6 Å². The van der Waals surface area contributed by atoms with E-state index in [1.54, 1.807) is 6.92 Å². The molecule has 0 saturated carbocycles. The fourth-order valence-electron chi connectivity index (χ4n) is 6.70. The molecule has 0 aliphatic heterocycles. The molecule has 242 valence electrons. The van der Waals surface area contributed by atoms with Crippen LogP contribution >= 0.6 is 0 Å². The summed E-state index contributed by atoms with van der Waals surface area (Å²) in [5, 5.41) is 28.2. The van der Waals surface area contributed by atoms with Gasteiger partial charge in [-0.3, -0.25) is 9.69 Å². The molecule has 0 atom stereocenters. The third kappa shape index (κ3) is 8.78. The highest BCUT2D eigenvalue weighted by atomic mass is 16.2. The quantitative estimate of drug-likeness (QED) is 0.0500. The second-order valence-electron chi connectivity index (χ2n) is 12.5.